The van der Waals surface area contributed by atoms with Crippen LogP contribution in [-0.4, -0.2) is 51.9 Å². The van der Waals surface area contributed by atoms with Gasteiger partial charge in [-0.3, -0.25) is 14.4 Å². The molecule has 2 N–H and O–H groups in total. The second-order valence-corrected chi connectivity index (χ2v) is 7.13. The Labute approximate surface area is 145 Å². The van der Waals surface area contributed by atoms with Gasteiger partial charge >= 0.3 is 5.97 Å². The van der Waals surface area contributed by atoms with Crippen molar-refractivity contribution >= 4 is 35.2 Å². The molecule has 1 heterocycles. The Hall–Kier alpha value is -2.02. The Bertz CT molecular complexity index is 586. The third kappa shape index (κ3) is 5.26. The van der Waals surface area contributed by atoms with Crippen molar-refractivity contribution in [3.63, 3.8) is 0 Å². The maximum absolute atomic E-state index is 12.3. The number of carbonyl (C=O) groups excluding carboxylic acids is 2. The van der Waals surface area contributed by atoms with E-state index in [1.807, 2.05) is 30.3 Å². The third-order valence-corrected chi connectivity index (χ3v) is 5.18. The molecule has 0 aliphatic carbocycles. The lowest BCUT2D eigenvalue weighted by Gasteiger charge is -2.31. The van der Waals surface area contributed by atoms with Gasteiger partial charge in [0.2, 0.25) is 11.8 Å². The molecule has 1 aliphatic rings. The Morgan fingerprint density at radius 2 is 1.88 bits per heavy atom. The molecule has 0 spiro atoms. The third-order valence-electron chi connectivity index (χ3n) is 4.06. The van der Waals surface area contributed by atoms with Crippen LogP contribution in [0.2, 0.25) is 0 Å². The highest BCUT2D eigenvalue weighted by Gasteiger charge is 2.27. The van der Waals surface area contributed by atoms with Crippen molar-refractivity contribution in [2.24, 2.45) is 5.92 Å². The molecule has 1 aliphatic heterocycles. The molecule has 1 aromatic carbocycles. The van der Waals surface area contributed by atoms with E-state index in [1.165, 1.54) is 0 Å². The SMILES string of the molecule is CC(SCC(=O)N1CCC(C(=O)Nc2ccccc2)CC1)C(=O)O. The summed E-state index contributed by atoms with van der Waals surface area (Å²) in [6, 6.07) is 9.32. The molecule has 1 atom stereocenters. The number of carbonyl (C=O) groups is 3. The number of para-hydroxylation sites is 1. The van der Waals surface area contributed by atoms with Crippen molar-refractivity contribution in [3.05, 3.63) is 30.3 Å². The summed E-state index contributed by atoms with van der Waals surface area (Å²) in [5.41, 5.74) is 0.778. The number of carboxylic acids is 1. The predicted octanol–water partition coefficient (Wildman–Crippen LogP) is 2.07. The number of hydrogen-bond donors (Lipinski definition) is 2. The smallest absolute Gasteiger partial charge is 0.316 e. The Kier molecular flexibility index (Phi) is 6.66. The first-order valence-electron chi connectivity index (χ1n) is 7.95. The van der Waals surface area contributed by atoms with Crippen molar-refractivity contribution < 1.29 is 19.5 Å². The van der Waals surface area contributed by atoms with Crippen LogP contribution in [0.25, 0.3) is 0 Å². The zero-order chi connectivity index (χ0) is 17.5. The average Bonchev–Trinajstić information content (AvgIpc) is 2.60. The normalized spacial score (nSPS) is 16.5. The summed E-state index contributed by atoms with van der Waals surface area (Å²) in [4.78, 5) is 36.8. The van der Waals surface area contributed by atoms with E-state index < -0.39 is 11.2 Å². The standard InChI is InChI=1S/C17H22N2O4S/c1-12(17(22)23)24-11-15(20)19-9-7-13(8-10-19)16(21)18-14-5-3-2-4-6-14/h2-6,12-13H,7-11H2,1H3,(H,18,21)(H,22,23). The van der Waals surface area contributed by atoms with Gasteiger partial charge in [-0.25, -0.2) is 0 Å². The average molecular weight is 350 g/mol. The van der Waals surface area contributed by atoms with Crippen LogP contribution in [0.5, 0.6) is 0 Å². The quantitative estimate of drug-likeness (QED) is 0.820. The van der Waals surface area contributed by atoms with Crippen LogP contribution in [0.3, 0.4) is 0 Å². The second kappa shape index (κ2) is 8.73. The lowest BCUT2D eigenvalue weighted by molar-refractivity contribution is -0.136. The maximum Gasteiger partial charge on any atom is 0.316 e. The zero-order valence-electron chi connectivity index (χ0n) is 13.6. The molecule has 1 fully saturated rings. The molecule has 1 aromatic rings. The number of carboxylic acid groups (broad SMARTS) is 1. The fourth-order valence-corrected chi connectivity index (χ4v) is 3.23. The Morgan fingerprint density at radius 3 is 2.46 bits per heavy atom. The highest BCUT2D eigenvalue weighted by atomic mass is 32.2. The molecule has 0 radical (unpaired) electrons. The minimum Gasteiger partial charge on any atom is -0.480 e. The number of thioether (sulfide) groups is 1. The number of hydrogen-bond acceptors (Lipinski definition) is 4. The molecule has 1 unspecified atom stereocenters. The van der Waals surface area contributed by atoms with Gasteiger partial charge in [0.1, 0.15) is 0 Å². The van der Waals surface area contributed by atoms with Gasteiger partial charge in [0.15, 0.2) is 0 Å². The predicted molar refractivity (Wildman–Crippen MR) is 93.9 cm³/mol. The lowest BCUT2D eigenvalue weighted by Crippen LogP contribution is -2.42. The van der Waals surface area contributed by atoms with Gasteiger partial charge in [0.05, 0.1) is 11.0 Å². The number of anilines is 1. The lowest BCUT2D eigenvalue weighted by atomic mass is 9.96. The highest BCUT2D eigenvalue weighted by molar-refractivity contribution is 8.01. The van der Waals surface area contributed by atoms with E-state index in [0.29, 0.717) is 25.9 Å². The van der Waals surface area contributed by atoms with Crippen molar-refractivity contribution in [1.82, 2.24) is 4.90 Å². The second-order valence-electron chi connectivity index (χ2n) is 5.80. The van der Waals surface area contributed by atoms with E-state index >= 15 is 0 Å². The van der Waals surface area contributed by atoms with Gasteiger partial charge < -0.3 is 15.3 Å². The van der Waals surface area contributed by atoms with Crippen LogP contribution in [0, 0.1) is 5.92 Å². The summed E-state index contributed by atoms with van der Waals surface area (Å²) in [7, 11) is 0. The van der Waals surface area contributed by atoms with E-state index in [0.717, 1.165) is 17.4 Å². The fourth-order valence-electron chi connectivity index (χ4n) is 2.52. The van der Waals surface area contributed by atoms with Crippen LogP contribution in [0.1, 0.15) is 19.8 Å². The van der Waals surface area contributed by atoms with Gasteiger partial charge in [-0.15, -0.1) is 11.8 Å². The van der Waals surface area contributed by atoms with Gasteiger partial charge in [-0.05, 0) is 31.9 Å². The summed E-state index contributed by atoms with van der Waals surface area (Å²) in [6.07, 6.45) is 1.26. The largest absolute Gasteiger partial charge is 0.480 e. The summed E-state index contributed by atoms with van der Waals surface area (Å²) in [6.45, 7) is 2.64. The summed E-state index contributed by atoms with van der Waals surface area (Å²) in [5.74, 6) is -0.921. The van der Waals surface area contributed by atoms with Gasteiger partial charge in [0, 0.05) is 24.7 Å². The van der Waals surface area contributed by atoms with Crippen LogP contribution in [0.15, 0.2) is 30.3 Å². The number of aliphatic carboxylic acids is 1. The Morgan fingerprint density at radius 1 is 1.25 bits per heavy atom. The first-order valence-corrected chi connectivity index (χ1v) is 9.00. The highest BCUT2D eigenvalue weighted by Crippen LogP contribution is 2.21. The number of piperidine rings is 1. The fraction of sp³-hybridized carbons (Fsp3) is 0.471. The molecule has 2 amide bonds. The molecular formula is C17H22N2O4S. The zero-order valence-corrected chi connectivity index (χ0v) is 14.4. The summed E-state index contributed by atoms with van der Waals surface area (Å²) in [5, 5.41) is 11.1. The molecular weight excluding hydrogens is 328 g/mol. The molecule has 7 heteroatoms. The molecule has 130 valence electrons. The molecule has 2 rings (SSSR count). The number of rotatable bonds is 6. The van der Waals surface area contributed by atoms with Crippen molar-refractivity contribution in [2.75, 3.05) is 24.2 Å². The molecule has 1 saturated heterocycles. The van der Waals surface area contributed by atoms with E-state index in [1.54, 1.807) is 11.8 Å². The minimum absolute atomic E-state index is 0.0119. The van der Waals surface area contributed by atoms with Crippen LogP contribution >= 0.6 is 11.8 Å². The first kappa shape index (κ1) is 18.3. The minimum atomic E-state index is -0.913. The van der Waals surface area contributed by atoms with Gasteiger partial charge in [-0.2, -0.15) is 0 Å². The van der Waals surface area contributed by atoms with Gasteiger partial charge in [0.25, 0.3) is 0 Å². The van der Waals surface area contributed by atoms with E-state index in [9.17, 15) is 14.4 Å². The molecule has 0 saturated carbocycles. The number of amides is 2. The molecule has 0 aromatic heterocycles. The van der Waals surface area contributed by atoms with Crippen molar-refractivity contribution in [1.29, 1.82) is 0 Å². The van der Waals surface area contributed by atoms with Crippen LogP contribution in [0.4, 0.5) is 5.69 Å². The Balaban J connectivity index is 1.75. The van der Waals surface area contributed by atoms with Crippen LogP contribution in [-0.2, 0) is 14.4 Å². The van der Waals surface area contributed by atoms with E-state index in [-0.39, 0.29) is 23.5 Å². The number of likely N-dealkylation sites (tertiary alicyclic amines) is 1. The maximum atomic E-state index is 12.3. The van der Waals surface area contributed by atoms with Crippen LogP contribution < -0.4 is 5.32 Å². The number of benzene rings is 1. The number of nitrogens with one attached hydrogen (secondary N) is 1. The van der Waals surface area contributed by atoms with E-state index in [2.05, 4.69) is 5.32 Å². The monoisotopic (exact) mass is 350 g/mol. The van der Waals surface area contributed by atoms with Gasteiger partial charge in [-0.1, -0.05) is 18.2 Å². The topological polar surface area (TPSA) is 86.7 Å². The van der Waals surface area contributed by atoms with E-state index in [4.69, 9.17) is 5.11 Å². The van der Waals surface area contributed by atoms with Crippen molar-refractivity contribution in [2.45, 2.75) is 25.0 Å². The molecule has 6 nitrogen and oxygen atoms in total. The summed E-state index contributed by atoms with van der Waals surface area (Å²) >= 11 is 1.13. The molecule has 0 bridgehead atoms. The van der Waals surface area contributed by atoms with Crippen molar-refractivity contribution in [3.8, 4) is 0 Å². The number of nitrogens with zero attached hydrogens (tertiary/aromatic N) is 1. The first-order chi connectivity index (χ1) is 11.5. The summed E-state index contributed by atoms with van der Waals surface area (Å²) < 4.78 is 0. The molecule has 24 heavy (non-hydrogen) atoms.